The highest BCUT2D eigenvalue weighted by Crippen LogP contribution is 2.24. The summed E-state index contributed by atoms with van der Waals surface area (Å²) < 4.78 is 13.7. The van der Waals surface area contributed by atoms with Crippen molar-refractivity contribution in [2.45, 2.75) is 63.6 Å². The van der Waals surface area contributed by atoms with Crippen molar-refractivity contribution in [1.29, 1.82) is 0 Å². The highest BCUT2D eigenvalue weighted by molar-refractivity contribution is 6.21. The third-order valence-corrected chi connectivity index (χ3v) is 7.89. The van der Waals surface area contributed by atoms with Crippen LogP contribution >= 0.6 is 0 Å². The molecule has 3 aromatic rings. The van der Waals surface area contributed by atoms with Crippen LogP contribution in [0.25, 0.3) is 0 Å². The number of hydrogen-bond acceptors (Lipinski definition) is 4. The molecule has 1 aliphatic carbocycles. The Balaban J connectivity index is 1.35. The van der Waals surface area contributed by atoms with Gasteiger partial charge in [0.1, 0.15) is 11.9 Å². The normalized spacial score (nSPS) is 15.6. The topological polar surface area (TPSA) is 86.8 Å². The minimum Gasteiger partial charge on any atom is -0.352 e. The highest BCUT2D eigenvalue weighted by Gasteiger charge is 2.36. The van der Waals surface area contributed by atoms with E-state index in [2.05, 4.69) is 5.32 Å². The highest BCUT2D eigenvalue weighted by atomic mass is 19.1. The molecule has 212 valence electrons. The molecular weight excluding hydrogens is 521 g/mol. The minimum absolute atomic E-state index is 0.0383. The number of nitrogens with zero attached hydrogens (tertiary/aromatic N) is 2. The summed E-state index contributed by atoms with van der Waals surface area (Å²) in [5.74, 6) is -1.59. The lowest BCUT2D eigenvalue weighted by atomic mass is 10.0. The van der Waals surface area contributed by atoms with Gasteiger partial charge in [-0.3, -0.25) is 24.1 Å². The van der Waals surface area contributed by atoms with Crippen molar-refractivity contribution in [3.63, 3.8) is 0 Å². The van der Waals surface area contributed by atoms with Crippen LogP contribution in [0.5, 0.6) is 0 Å². The Hall–Kier alpha value is -4.33. The lowest BCUT2D eigenvalue weighted by Gasteiger charge is -2.32. The third kappa shape index (κ3) is 6.70. The molecule has 0 saturated heterocycles. The maximum Gasteiger partial charge on any atom is 0.261 e. The number of carbonyl (C=O) groups excluding carboxylic acids is 4. The predicted molar refractivity (Wildman–Crippen MR) is 152 cm³/mol. The maximum absolute atomic E-state index is 13.8. The molecule has 1 N–H and O–H groups in total. The first-order valence-electron chi connectivity index (χ1n) is 14.2. The van der Waals surface area contributed by atoms with Crippen LogP contribution in [-0.2, 0) is 22.6 Å². The van der Waals surface area contributed by atoms with E-state index in [1.165, 1.54) is 17.0 Å². The van der Waals surface area contributed by atoms with E-state index in [0.29, 0.717) is 23.1 Å². The SMILES string of the molecule is O=C(NC1CCCC1)[C@@H](Cc1ccccc1)N(Cc1ccc(F)cc1)C(=O)CCCN1C(=O)c2ccccc2C1=O. The zero-order chi connectivity index (χ0) is 28.8. The van der Waals surface area contributed by atoms with E-state index in [9.17, 15) is 23.6 Å². The van der Waals surface area contributed by atoms with Gasteiger partial charge in [-0.2, -0.15) is 0 Å². The van der Waals surface area contributed by atoms with Gasteiger partial charge in [-0.05, 0) is 54.7 Å². The van der Waals surface area contributed by atoms with Crippen LogP contribution < -0.4 is 5.32 Å². The summed E-state index contributed by atoms with van der Waals surface area (Å²) in [6.07, 6.45) is 4.56. The predicted octanol–water partition coefficient (Wildman–Crippen LogP) is 4.90. The summed E-state index contributed by atoms with van der Waals surface area (Å²) in [6.45, 7) is 0.224. The molecule has 8 heteroatoms. The molecule has 3 aromatic carbocycles. The Kier molecular flexibility index (Phi) is 8.87. The quantitative estimate of drug-likeness (QED) is 0.341. The number of fused-ring (bicyclic) bond motifs is 1. The van der Waals surface area contributed by atoms with Gasteiger partial charge in [0.15, 0.2) is 0 Å². The summed E-state index contributed by atoms with van der Waals surface area (Å²) in [6, 6.07) is 21.4. The van der Waals surface area contributed by atoms with Crippen molar-refractivity contribution in [2.75, 3.05) is 6.54 Å². The van der Waals surface area contributed by atoms with Gasteiger partial charge in [-0.25, -0.2) is 4.39 Å². The number of carbonyl (C=O) groups is 4. The molecule has 0 unspecified atom stereocenters. The van der Waals surface area contributed by atoms with E-state index < -0.39 is 6.04 Å². The summed E-state index contributed by atoms with van der Waals surface area (Å²) in [4.78, 5) is 55.8. The summed E-state index contributed by atoms with van der Waals surface area (Å²) in [5, 5.41) is 3.16. The van der Waals surface area contributed by atoms with Crippen LogP contribution in [0, 0.1) is 5.82 Å². The van der Waals surface area contributed by atoms with E-state index in [1.54, 1.807) is 41.3 Å². The molecule has 1 aliphatic heterocycles. The molecule has 5 rings (SSSR count). The second-order valence-electron chi connectivity index (χ2n) is 10.8. The third-order valence-electron chi connectivity index (χ3n) is 7.89. The van der Waals surface area contributed by atoms with E-state index >= 15 is 0 Å². The van der Waals surface area contributed by atoms with Crippen LogP contribution in [0.2, 0.25) is 0 Å². The van der Waals surface area contributed by atoms with Crippen molar-refractivity contribution in [1.82, 2.24) is 15.1 Å². The van der Waals surface area contributed by atoms with Crippen LogP contribution in [0.15, 0.2) is 78.9 Å². The first-order chi connectivity index (χ1) is 19.9. The monoisotopic (exact) mass is 555 g/mol. The van der Waals surface area contributed by atoms with Crippen LogP contribution in [0.1, 0.15) is 70.4 Å². The molecule has 1 fully saturated rings. The second kappa shape index (κ2) is 12.9. The van der Waals surface area contributed by atoms with Crippen molar-refractivity contribution in [2.24, 2.45) is 0 Å². The fourth-order valence-corrected chi connectivity index (χ4v) is 5.68. The van der Waals surface area contributed by atoms with Crippen LogP contribution in [0.3, 0.4) is 0 Å². The summed E-state index contributed by atoms with van der Waals surface area (Å²) in [5.41, 5.74) is 2.36. The molecule has 1 atom stereocenters. The average Bonchev–Trinajstić information content (AvgIpc) is 3.58. The smallest absolute Gasteiger partial charge is 0.261 e. The molecule has 1 heterocycles. The average molecular weight is 556 g/mol. The van der Waals surface area contributed by atoms with Crippen molar-refractivity contribution < 1.29 is 23.6 Å². The van der Waals surface area contributed by atoms with Crippen LogP contribution in [0.4, 0.5) is 4.39 Å². The summed E-state index contributed by atoms with van der Waals surface area (Å²) >= 11 is 0. The largest absolute Gasteiger partial charge is 0.352 e. The molecule has 4 amide bonds. The Morgan fingerprint density at radius 3 is 2.10 bits per heavy atom. The lowest BCUT2D eigenvalue weighted by molar-refractivity contribution is -0.141. The molecule has 0 aromatic heterocycles. The molecule has 2 aliphatic rings. The van der Waals surface area contributed by atoms with Gasteiger partial charge in [-0.1, -0.05) is 67.4 Å². The molecule has 41 heavy (non-hydrogen) atoms. The van der Waals surface area contributed by atoms with Gasteiger partial charge in [0.05, 0.1) is 11.1 Å². The molecule has 7 nitrogen and oxygen atoms in total. The van der Waals surface area contributed by atoms with E-state index in [0.717, 1.165) is 31.2 Å². The number of hydrogen-bond donors (Lipinski definition) is 1. The zero-order valence-electron chi connectivity index (χ0n) is 22.9. The first kappa shape index (κ1) is 28.2. The van der Waals surface area contributed by atoms with Crippen molar-refractivity contribution in [3.8, 4) is 0 Å². The lowest BCUT2D eigenvalue weighted by Crippen LogP contribution is -2.52. The molecule has 0 spiro atoms. The number of halogens is 1. The molecule has 0 bridgehead atoms. The fourth-order valence-electron chi connectivity index (χ4n) is 5.68. The Bertz CT molecular complexity index is 1370. The van der Waals surface area contributed by atoms with Gasteiger partial charge >= 0.3 is 0 Å². The van der Waals surface area contributed by atoms with Crippen molar-refractivity contribution >= 4 is 23.6 Å². The number of nitrogens with one attached hydrogen (secondary N) is 1. The van der Waals surface area contributed by atoms with E-state index in [4.69, 9.17) is 0 Å². The second-order valence-corrected chi connectivity index (χ2v) is 10.8. The number of rotatable bonds is 11. The fraction of sp³-hybridized carbons (Fsp3) is 0.333. The van der Waals surface area contributed by atoms with E-state index in [1.807, 2.05) is 30.3 Å². The van der Waals surface area contributed by atoms with Gasteiger partial charge < -0.3 is 10.2 Å². The van der Waals surface area contributed by atoms with E-state index in [-0.39, 0.29) is 61.4 Å². The van der Waals surface area contributed by atoms with Crippen molar-refractivity contribution in [3.05, 3.63) is 107 Å². The summed E-state index contributed by atoms with van der Waals surface area (Å²) in [7, 11) is 0. The molecule has 1 saturated carbocycles. The minimum atomic E-state index is -0.783. The molecular formula is C33H34FN3O4. The number of benzene rings is 3. The van der Waals surface area contributed by atoms with Gasteiger partial charge in [0.25, 0.3) is 11.8 Å². The van der Waals surface area contributed by atoms with Gasteiger partial charge in [0, 0.05) is 32.0 Å². The maximum atomic E-state index is 13.8. The number of amides is 4. The first-order valence-corrected chi connectivity index (χ1v) is 14.2. The molecule has 0 radical (unpaired) electrons. The van der Waals surface area contributed by atoms with Gasteiger partial charge in [0.2, 0.25) is 11.8 Å². The zero-order valence-corrected chi connectivity index (χ0v) is 22.9. The Morgan fingerprint density at radius 1 is 0.854 bits per heavy atom. The number of imide groups is 1. The van der Waals surface area contributed by atoms with Crippen LogP contribution in [-0.4, -0.2) is 52.1 Å². The Labute approximate surface area is 239 Å². The Morgan fingerprint density at radius 2 is 1.46 bits per heavy atom. The van der Waals surface area contributed by atoms with Gasteiger partial charge in [-0.15, -0.1) is 0 Å². The standard InChI is InChI=1S/C33H34FN3O4/c34-25-18-16-24(17-19-25)22-37(29(21-23-9-2-1-3-10-23)31(39)35-26-11-4-5-12-26)30(38)15-8-20-36-32(40)27-13-6-7-14-28(27)33(36)41/h1-3,6-7,9-10,13-14,16-19,26,29H,4-5,8,11-12,15,20-22H2,(H,35,39)/t29-/m1/s1.